The van der Waals surface area contributed by atoms with Crippen LogP contribution in [0.5, 0.6) is 0 Å². The van der Waals surface area contributed by atoms with Gasteiger partial charge in [-0.15, -0.1) is 0 Å². The van der Waals surface area contributed by atoms with E-state index in [1.807, 2.05) is 0 Å². The van der Waals surface area contributed by atoms with Gasteiger partial charge in [0.25, 0.3) is 0 Å². The van der Waals surface area contributed by atoms with Gasteiger partial charge in [-0.2, -0.15) is 0 Å². The molecule has 0 unspecified atom stereocenters. The summed E-state index contributed by atoms with van der Waals surface area (Å²) in [5.41, 5.74) is 0. The van der Waals surface area contributed by atoms with E-state index in [1.165, 1.54) is 360 Å². The van der Waals surface area contributed by atoms with E-state index in [9.17, 15) is 0 Å². The minimum Gasteiger partial charge on any atom is -0.396 e. The summed E-state index contributed by atoms with van der Waals surface area (Å²) in [6.45, 7) is 12.8. The normalized spacial score (nSPS) is 11.1. The smallest absolute Gasteiger partial charge is 0.0697 e. The van der Waals surface area contributed by atoms with Crippen molar-refractivity contribution in [2.24, 2.45) is 0 Å². The van der Waals surface area contributed by atoms with Crippen LogP contribution in [0.15, 0.2) is 0 Å². The zero-order valence-electron chi connectivity index (χ0n) is 54.7. The topological polar surface area (TPSA) is 99.4 Å². The summed E-state index contributed by atoms with van der Waals surface area (Å²) < 4.78 is 10.5. The summed E-state index contributed by atoms with van der Waals surface area (Å²) in [5, 5.41) is 34.4. The van der Waals surface area contributed by atoms with Crippen LogP contribution >= 0.6 is 0 Å². The molecule has 0 heterocycles. The van der Waals surface area contributed by atoms with E-state index in [4.69, 9.17) is 29.9 Å². The van der Waals surface area contributed by atoms with E-state index >= 15 is 0 Å². The van der Waals surface area contributed by atoms with Gasteiger partial charge >= 0.3 is 0 Å². The Morgan fingerprint density at radius 3 is 0.397 bits per heavy atom. The van der Waals surface area contributed by atoms with Crippen molar-refractivity contribution < 1.29 is 29.9 Å². The molecule has 0 aliphatic heterocycles. The van der Waals surface area contributed by atoms with Crippen molar-refractivity contribution in [2.75, 3.05) is 52.9 Å². The third kappa shape index (κ3) is 97.9. The molecule has 6 nitrogen and oxygen atoms in total. The van der Waals surface area contributed by atoms with Gasteiger partial charge in [0.1, 0.15) is 0 Å². The molecule has 0 aromatic heterocycles. The summed E-state index contributed by atoms with van der Waals surface area (Å²) in [5.74, 6) is 0. The summed E-state index contributed by atoms with van der Waals surface area (Å²) in [6, 6.07) is 0. The van der Waals surface area contributed by atoms with Crippen molar-refractivity contribution in [3.8, 4) is 0 Å². The first-order valence-corrected chi connectivity index (χ1v) is 36.2. The van der Waals surface area contributed by atoms with Crippen LogP contribution in [-0.4, -0.2) is 73.3 Å². The zero-order valence-corrected chi connectivity index (χ0v) is 54.7. The second-order valence-electron chi connectivity index (χ2n) is 23.9. The highest BCUT2D eigenvalue weighted by Crippen LogP contribution is 2.17. The Kier molecular flexibility index (Phi) is 97.7. The van der Waals surface area contributed by atoms with Gasteiger partial charge < -0.3 is 29.9 Å². The number of hydrogen-bond donors (Lipinski definition) is 4. The minimum atomic E-state index is 0.151. The fraction of sp³-hybridized carbons (Fsp3) is 1.00. The van der Waals surface area contributed by atoms with E-state index in [0.717, 1.165) is 38.9 Å². The largest absolute Gasteiger partial charge is 0.396 e. The van der Waals surface area contributed by atoms with Crippen LogP contribution in [0.25, 0.3) is 0 Å². The maximum Gasteiger partial charge on any atom is 0.0697 e. The van der Waals surface area contributed by atoms with Gasteiger partial charge in [0.2, 0.25) is 0 Å². The predicted octanol–water partition coefficient (Wildman–Crippen LogP) is 23.4. The molecule has 0 fully saturated rings. The van der Waals surface area contributed by atoms with Gasteiger partial charge in [-0.25, -0.2) is 0 Å². The van der Waals surface area contributed by atoms with Crippen LogP contribution in [0, 0.1) is 0 Å². The fourth-order valence-corrected chi connectivity index (χ4v) is 10.5. The number of rotatable bonds is 66. The van der Waals surface area contributed by atoms with Crippen LogP contribution in [0.1, 0.15) is 413 Å². The van der Waals surface area contributed by atoms with Gasteiger partial charge in [-0.1, -0.05) is 387 Å². The van der Waals surface area contributed by atoms with E-state index in [2.05, 4.69) is 27.7 Å². The summed E-state index contributed by atoms with van der Waals surface area (Å²) in [4.78, 5) is 0. The lowest BCUT2D eigenvalue weighted by Crippen LogP contribution is -2.00. The summed E-state index contributed by atoms with van der Waals surface area (Å²) in [7, 11) is 0. The van der Waals surface area contributed by atoms with Crippen LogP contribution < -0.4 is 0 Å². The van der Waals surface area contributed by atoms with Gasteiger partial charge in [-0.05, 0) is 25.7 Å². The van der Waals surface area contributed by atoms with Crippen molar-refractivity contribution >= 4 is 0 Å². The molecule has 0 bridgehead atoms. The maximum absolute atomic E-state index is 8.67. The Labute approximate surface area is 493 Å². The molecular formula is C72H152O6. The standard InChI is InChI=1S/C20H42O2.C18H38O2.C18H38O.C16H34O/c1-2-3-4-5-6-7-8-9-10-11-12-13-14-15-16-17-19-22-20-18-21;1-2-3-4-5-6-7-8-9-10-11-12-13-14-15-17-20-18-16-19;1-2-3-4-5-6-7-8-9-10-11-12-13-14-15-16-17-18-19;1-2-3-4-5-6-7-8-9-10-11-12-13-14-15-16-17/h21H,2-20H2,1H3;19H,2-18H2,1H3;19H,2-18H2,1H3;17H,2-16H2,1H3. The monoisotopic (exact) mass is 1110 g/mol. The predicted molar refractivity (Wildman–Crippen MR) is 350 cm³/mol. The second kappa shape index (κ2) is 90.5. The van der Waals surface area contributed by atoms with E-state index in [1.54, 1.807) is 0 Å². The van der Waals surface area contributed by atoms with Gasteiger partial charge in [0, 0.05) is 26.4 Å². The minimum absolute atomic E-state index is 0.151. The highest BCUT2D eigenvalue weighted by atomic mass is 16.5. The molecule has 476 valence electrons. The molecule has 0 rings (SSSR count). The number of aliphatic hydroxyl groups is 4. The van der Waals surface area contributed by atoms with E-state index in [-0.39, 0.29) is 13.2 Å². The quantitative estimate of drug-likeness (QED) is 0.0453. The third-order valence-corrected chi connectivity index (χ3v) is 15.8. The Bertz CT molecular complexity index is 821. The first-order chi connectivity index (χ1) is 38.7. The number of hydrogen-bond acceptors (Lipinski definition) is 6. The average molecular weight is 1110 g/mol. The summed E-state index contributed by atoms with van der Waals surface area (Å²) in [6.07, 6.45) is 83.3. The average Bonchev–Trinajstić information content (AvgIpc) is 3.45. The lowest BCUT2D eigenvalue weighted by atomic mass is 10.0. The molecular weight excluding hydrogens is 961 g/mol. The zero-order chi connectivity index (χ0) is 57.5. The molecule has 0 amide bonds. The van der Waals surface area contributed by atoms with Crippen LogP contribution in [-0.2, 0) is 9.47 Å². The SMILES string of the molecule is CCCCCCCCCCCCCCCCCCO.CCCCCCCCCCCCCCCCCCOCCO.CCCCCCCCCCCCCCCCO.CCCCCCCCCCCCCCCCOCCO. The lowest BCUT2D eigenvalue weighted by Gasteiger charge is -2.04. The van der Waals surface area contributed by atoms with Crippen LogP contribution in [0.4, 0.5) is 0 Å². The number of ether oxygens (including phenoxy) is 2. The second-order valence-corrected chi connectivity index (χ2v) is 23.9. The molecule has 4 N–H and O–H groups in total. The van der Waals surface area contributed by atoms with Crippen LogP contribution in [0.2, 0.25) is 0 Å². The molecule has 0 saturated carbocycles. The van der Waals surface area contributed by atoms with Crippen molar-refractivity contribution in [3.05, 3.63) is 0 Å². The van der Waals surface area contributed by atoms with Gasteiger partial charge in [-0.3, -0.25) is 0 Å². The molecule has 0 aromatic carbocycles. The molecule has 0 aliphatic carbocycles. The number of unbranched alkanes of at least 4 members (excludes halogenated alkanes) is 56. The molecule has 6 heteroatoms. The lowest BCUT2D eigenvalue weighted by molar-refractivity contribution is 0.0895. The Morgan fingerprint density at radius 1 is 0.141 bits per heavy atom. The Hall–Kier alpha value is -0.240. The maximum atomic E-state index is 8.67. The van der Waals surface area contributed by atoms with Gasteiger partial charge in [0.05, 0.1) is 26.4 Å². The highest BCUT2D eigenvalue weighted by Gasteiger charge is 1.99. The molecule has 0 radical (unpaired) electrons. The Balaban J connectivity index is -0.000000470. The van der Waals surface area contributed by atoms with E-state index in [0.29, 0.717) is 26.4 Å². The molecule has 0 spiro atoms. The molecule has 0 saturated heterocycles. The first-order valence-electron chi connectivity index (χ1n) is 36.2. The molecule has 0 aromatic rings. The highest BCUT2D eigenvalue weighted by molar-refractivity contribution is 4.54. The molecule has 0 atom stereocenters. The first kappa shape index (κ1) is 84.2. The van der Waals surface area contributed by atoms with Crippen molar-refractivity contribution in [2.45, 2.75) is 413 Å². The molecule has 78 heavy (non-hydrogen) atoms. The van der Waals surface area contributed by atoms with Crippen molar-refractivity contribution in [1.29, 1.82) is 0 Å². The third-order valence-electron chi connectivity index (χ3n) is 15.8. The Morgan fingerprint density at radius 2 is 0.269 bits per heavy atom. The van der Waals surface area contributed by atoms with Crippen molar-refractivity contribution in [3.63, 3.8) is 0 Å². The molecule has 0 aliphatic rings. The van der Waals surface area contributed by atoms with Crippen LogP contribution in [0.3, 0.4) is 0 Å². The summed E-state index contributed by atoms with van der Waals surface area (Å²) >= 11 is 0. The number of aliphatic hydroxyl groups excluding tert-OH is 4. The fourth-order valence-electron chi connectivity index (χ4n) is 10.5. The van der Waals surface area contributed by atoms with Gasteiger partial charge in [0.15, 0.2) is 0 Å². The van der Waals surface area contributed by atoms with Crippen molar-refractivity contribution in [1.82, 2.24) is 0 Å². The van der Waals surface area contributed by atoms with E-state index < -0.39 is 0 Å².